The highest BCUT2D eigenvalue weighted by molar-refractivity contribution is 5.78. The molecule has 0 saturated carbocycles. The van der Waals surface area contributed by atoms with Crippen LogP contribution in [0.25, 0.3) is 0 Å². The van der Waals surface area contributed by atoms with Gasteiger partial charge in [-0.05, 0) is 18.2 Å². The van der Waals surface area contributed by atoms with Gasteiger partial charge in [-0.15, -0.1) is 0 Å². The monoisotopic (exact) mass is 371 g/mol. The average molecular weight is 371 g/mol. The largest absolute Gasteiger partial charge is 0.493 e. The molecule has 1 aliphatic heterocycles. The van der Waals surface area contributed by atoms with Crippen molar-refractivity contribution in [3.63, 3.8) is 0 Å². The molecule has 8 nitrogen and oxygen atoms in total. The summed E-state index contributed by atoms with van der Waals surface area (Å²) in [5.41, 5.74) is 1.02. The number of non-ortho nitro benzene ring substituents is 1. The van der Waals surface area contributed by atoms with Gasteiger partial charge in [-0.1, -0.05) is 18.2 Å². The predicted molar refractivity (Wildman–Crippen MR) is 100 cm³/mol. The van der Waals surface area contributed by atoms with Crippen LogP contribution in [0.4, 0.5) is 11.4 Å². The number of nitro groups is 1. The predicted octanol–water partition coefficient (Wildman–Crippen LogP) is 2.33. The number of ether oxygens (including phenoxy) is 2. The van der Waals surface area contributed by atoms with Crippen molar-refractivity contribution in [1.29, 1.82) is 0 Å². The number of hydrogen-bond acceptors (Lipinski definition) is 6. The van der Waals surface area contributed by atoms with Gasteiger partial charge >= 0.3 is 0 Å². The number of hydrogen-bond donors (Lipinski definition) is 0. The lowest BCUT2D eigenvalue weighted by atomic mass is 10.2. The van der Waals surface area contributed by atoms with Crippen LogP contribution in [0.3, 0.4) is 0 Å². The molecule has 2 aromatic rings. The number of rotatable bonds is 6. The molecule has 0 spiro atoms. The van der Waals surface area contributed by atoms with Gasteiger partial charge < -0.3 is 19.3 Å². The molecule has 1 fully saturated rings. The molecule has 0 unspecified atom stereocenters. The molecule has 0 aromatic heterocycles. The van der Waals surface area contributed by atoms with Crippen LogP contribution in [-0.4, -0.2) is 55.6 Å². The van der Waals surface area contributed by atoms with Crippen molar-refractivity contribution in [2.75, 3.05) is 44.8 Å². The third-order valence-electron chi connectivity index (χ3n) is 4.46. The minimum atomic E-state index is -0.517. The molecule has 0 aliphatic carbocycles. The first-order valence-electron chi connectivity index (χ1n) is 8.61. The Balaban J connectivity index is 1.56. The number of para-hydroxylation sites is 1. The number of nitro benzene ring substituents is 1. The Morgan fingerprint density at radius 2 is 1.78 bits per heavy atom. The lowest BCUT2D eigenvalue weighted by Crippen LogP contribution is -2.50. The molecule has 1 aliphatic rings. The molecule has 1 amide bonds. The summed E-state index contributed by atoms with van der Waals surface area (Å²) < 4.78 is 10.7. The zero-order valence-corrected chi connectivity index (χ0v) is 15.0. The highest BCUT2D eigenvalue weighted by atomic mass is 16.6. The summed E-state index contributed by atoms with van der Waals surface area (Å²) in [4.78, 5) is 26.8. The molecule has 0 bridgehead atoms. The van der Waals surface area contributed by atoms with E-state index in [9.17, 15) is 14.9 Å². The average Bonchev–Trinajstić information content (AvgIpc) is 2.72. The van der Waals surface area contributed by atoms with Crippen molar-refractivity contribution < 1.29 is 19.2 Å². The topological polar surface area (TPSA) is 85.2 Å². The zero-order chi connectivity index (χ0) is 19.2. The fraction of sp³-hybridized carbons (Fsp3) is 0.316. The molecule has 8 heteroatoms. The van der Waals surface area contributed by atoms with Crippen LogP contribution in [0.5, 0.6) is 11.5 Å². The van der Waals surface area contributed by atoms with E-state index in [1.165, 1.54) is 25.3 Å². The number of nitrogens with zero attached hydrogens (tertiary/aromatic N) is 3. The van der Waals surface area contributed by atoms with Gasteiger partial charge in [0.1, 0.15) is 0 Å². The van der Waals surface area contributed by atoms with Crippen LogP contribution in [0.15, 0.2) is 48.5 Å². The fourth-order valence-corrected chi connectivity index (χ4v) is 2.98. The first-order chi connectivity index (χ1) is 13.1. The quantitative estimate of drug-likeness (QED) is 0.572. The number of benzene rings is 2. The normalized spacial score (nSPS) is 14.0. The van der Waals surface area contributed by atoms with Crippen molar-refractivity contribution in [3.05, 3.63) is 58.6 Å². The molecule has 0 radical (unpaired) electrons. The van der Waals surface area contributed by atoms with Gasteiger partial charge in [0.15, 0.2) is 18.1 Å². The third kappa shape index (κ3) is 4.46. The fourth-order valence-electron chi connectivity index (χ4n) is 2.98. The molecular weight excluding hydrogens is 350 g/mol. The lowest BCUT2D eigenvalue weighted by molar-refractivity contribution is -0.385. The van der Waals surface area contributed by atoms with E-state index in [0.29, 0.717) is 18.8 Å². The second-order valence-electron chi connectivity index (χ2n) is 6.08. The van der Waals surface area contributed by atoms with Gasteiger partial charge in [0, 0.05) is 37.9 Å². The minimum Gasteiger partial charge on any atom is -0.493 e. The summed E-state index contributed by atoms with van der Waals surface area (Å²) in [7, 11) is 1.44. The molecule has 0 atom stereocenters. The highest BCUT2D eigenvalue weighted by Gasteiger charge is 2.22. The number of methoxy groups -OCH3 is 1. The summed E-state index contributed by atoms with van der Waals surface area (Å²) in [6.45, 7) is 2.50. The Kier molecular flexibility index (Phi) is 5.75. The maximum Gasteiger partial charge on any atom is 0.273 e. The van der Waals surface area contributed by atoms with E-state index in [4.69, 9.17) is 9.47 Å². The number of amides is 1. The number of carbonyl (C=O) groups is 1. The Morgan fingerprint density at radius 3 is 2.41 bits per heavy atom. The SMILES string of the molecule is COc1ccc([N+](=O)[O-])cc1OCC(=O)N1CCN(c2ccccc2)CC1. The van der Waals surface area contributed by atoms with Crippen molar-refractivity contribution in [2.45, 2.75) is 0 Å². The van der Waals surface area contributed by atoms with Gasteiger partial charge in [0.2, 0.25) is 0 Å². The van der Waals surface area contributed by atoms with Crippen LogP contribution in [0, 0.1) is 10.1 Å². The second kappa shape index (κ2) is 8.39. The van der Waals surface area contributed by atoms with E-state index in [-0.39, 0.29) is 24.0 Å². The van der Waals surface area contributed by atoms with Crippen molar-refractivity contribution in [1.82, 2.24) is 4.90 Å². The van der Waals surface area contributed by atoms with E-state index in [1.54, 1.807) is 4.90 Å². The summed E-state index contributed by atoms with van der Waals surface area (Å²) in [5, 5.41) is 10.9. The van der Waals surface area contributed by atoms with Crippen molar-refractivity contribution in [3.8, 4) is 11.5 Å². The summed E-state index contributed by atoms with van der Waals surface area (Å²) in [5.74, 6) is 0.376. The maximum atomic E-state index is 12.4. The Morgan fingerprint density at radius 1 is 1.07 bits per heavy atom. The van der Waals surface area contributed by atoms with E-state index in [0.717, 1.165) is 18.8 Å². The number of piperazine rings is 1. The standard InChI is InChI=1S/C19H21N3O5/c1-26-17-8-7-16(22(24)25)13-18(17)27-14-19(23)21-11-9-20(10-12-21)15-5-3-2-4-6-15/h2-8,13H,9-12,14H2,1H3. The molecule has 3 rings (SSSR count). The van der Waals surface area contributed by atoms with Crippen LogP contribution >= 0.6 is 0 Å². The van der Waals surface area contributed by atoms with Gasteiger partial charge in [-0.2, -0.15) is 0 Å². The molecule has 1 saturated heterocycles. The van der Waals surface area contributed by atoms with Gasteiger partial charge in [0.05, 0.1) is 18.1 Å². The van der Waals surface area contributed by atoms with E-state index < -0.39 is 4.92 Å². The van der Waals surface area contributed by atoms with E-state index in [2.05, 4.69) is 17.0 Å². The molecule has 0 N–H and O–H groups in total. The molecule has 27 heavy (non-hydrogen) atoms. The minimum absolute atomic E-state index is 0.116. The van der Waals surface area contributed by atoms with Crippen LogP contribution in [-0.2, 0) is 4.79 Å². The van der Waals surface area contributed by atoms with E-state index >= 15 is 0 Å². The summed E-state index contributed by atoms with van der Waals surface area (Å²) in [6.07, 6.45) is 0. The third-order valence-corrected chi connectivity index (χ3v) is 4.46. The molecule has 2 aromatic carbocycles. The summed E-state index contributed by atoms with van der Waals surface area (Å²) in [6, 6.07) is 14.1. The first-order valence-corrected chi connectivity index (χ1v) is 8.61. The highest BCUT2D eigenvalue weighted by Crippen LogP contribution is 2.31. The summed E-state index contributed by atoms with van der Waals surface area (Å²) >= 11 is 0. The molecule has 1 heterocycles. The number of carbonyl (C=O) groups excluding carboxylic acids is 1. The lowest BCUT2D eigenvalue weighted by Gasteiger charge is -2.36. The van der Waals surface area contributed by atoms with Crippen molar-refractivity contribution in [2.24, 2.45) is 0 Å². The van der Waals surface area contributed by atoms with Crippen LogP contribution in [0.2, 0.25) is 0 Å². The van der Waals surface area contributed by atoms with Crippen LogP contribution in [0.1, 0.15) is 0 Å². The van der Waals surface area contributed by atoms with Crippen molar-refractivity contribution >= 4 is 17.3 Å². The van der Waals surface area contributed by atoms with Crippen LogP contribution < -0.4 is 14.4 Å². The van der Waals surface area contributed by atoms with Gasteiger partial charge in [0.25, 0.3) is 11.6 Å². The number of anilines is 1. The Hall–Kier alpha value is -3.29. The smallest absolute Gasteiger partial charge is 0.273 e. The first kappa shape index (κ1) is 18.5. The molecular formula is C19H21N3O5. The molecule has 142 valence electrons. The van der Waals surface area contributed by atoms with Gasteiger partial charge in [-0.3, -0.25) is 14.9 Å². The Labute approximate surface area is 157 Å². The maximum absolute atomic E-state index is 12.4. The zero-order valence-electron chi connectivity index (χ0n) is 15.0. The van der Waals surface area contributed by atoms with Gasteiger partial charge in [-0.25, -0.2) is 0 Å². The Bertz CT molecular complexity index is 804. The second-order valence-corrected chi connectivity index (χ2v) is 6.08. The van der Waals surface area contributed by atoms with E-state index in [1.807, 2.05) is 18.2 Å².